The Balaban J connectivity index is 0. The van der Waals surface area contributed by atoms with E-state index in [-0.39, 0.29) is 25.2 Å². The Hall–Kier alpha value is -0.810. The summed E-state index contributed by atoms with van der Waals surface area (Å²) in [5.41, 5.74) is 5.24. The third-order valence-corrected chi connectivity index (χ3v) is 1.17. The van der Waals surface area contributed by atoms with E-state index in [0.717, 1.165) is 0 Å². The summed E-state index contributed by atoms with van der Waals surface area (Å²) < 4.78 is 4.29. The summed E-state index contributed by atoms with van der Waals surface area (Å²) in [6.45, 7) is 0. The minimum absolute atomic E-state index is 0. The number of carbonyl (C=O) groups excluding carboxylic acids is 1. The molecule has 6 heteroatoms. The molecule has 0 bridgehead atoms. The first-order chi connectivity index (χ1) is 5.07. The zero-order valence-electron chi connectivity index (χ0n) is 6.65. The van der Waals surface area contributed by atoms with Crippen LogP contribution < -0.4 is 5.73 Å². The van der Waals surface area contributed by atoms with Crippen LogP contribution in [0.2, 0.25) is 0 Å². The molecule has 0 aliphatic heterocycles. The first kappa shape index (κ1) is 13.8. The number of methoxy groups -OCH3 is 1. The van der Waals surface area contributed by atoms with Gasteiger partial charge in [0, 0.05) is 6.42 Å². The van der Waals surface area contributed by atoms with Crippen molar-refractivity contribution in [1.82, 2.24) is 0 Å². The lowest BCUT2D eigenvalue weighted by Gasteiger charge is -2.05. The van der Waals surface area contributed by atoms with Crippen LogP contribution in [0.15, 0.2) is 0 Å². The van der Waals surface area contributed by atoms with Crippen molar-refractivity contribution in [2.24, 2.45) is 5.73 Å². The summed E-state index contributed by atoms with van der Waals surface area (Å²) in [5, 5.41) is 8.21. The largest absolute Gasteiger partial charge is 0.481 e. The van der Waals surface area contributed by atoms with Gasteiger partial charge in [-0.2, -0.15) is 0 Å². The molecule has 0 rings (SSSR count). The molecule has 0 heterocycles. The van der Waals surface area contributed by atoms with Crippen molar-refractivity contribution in [3.8, 4) is 0 Å². The van der Waals surface area contributed by atoms with Crippen LogP contribution >= 0.6 is 12.4 Å². The van der Waals surface area contributed by atoms with Crippen LogP contribution in [0.25, 0.3) is 0 Å². The number of hydrogen-bond donors (Lipinski definition) is 2. The van der Waals surface area contributed by atoms with E-state index in [0.29, 0.717) is 0 Å². The van der Waals surface area contributed by atoms with Crippen LogP contribution in [-0.2, 0) is 14.3 Å². The third-order valence-electron chi connectivity index (χ3n) is 1.17. The summed E-state index contributed by atoms with van der Waals surface area (Å²) in [5.74, 6) is -1.55. The summed E-state index contributed by atoms with van der Waals surface area (Å²) in [4.78, 5) is 20.6. The van der Waals surface area contributed by atoms with Gasteiger partial charge in [0.05, 0.1) is 7.11 Å². The number of halogens is 1. The number of carbonyl (C=O) groups is 2. The van der Waals surface area contributed by atoms with Gasteiger partial charge in [0.15, 0.2) is 0 Å². The lowest BCUT2D eigenvalue weighted by atomic mass is 10.2. The molecule has 0 radical (unpaired) electrons. The lowest BCUT2D eigenvalue weighted by Crippen LogP contribution is -2.31. The normalized spacial score (nSPS) is 11.2. The zero-order chi connectivity index (χ0) is 8.85. The average Bonchev–Trinajstić information content (AvgIpc) is 1.98. The number of carboxylic acid groups (broad SMARTS) is 1. The van der Waals surface area contributed by atoms with E-state index in [4.69, 9.17) is 10.8 Å². The summed E-state index contributed by atoms with van der Waals surface area (Å²) in [6, 6.07) is -0.823. The third kappa shape index (κ3) is 5.94. The molecule has 0 amide bonds. The van der Waals surface area contributed by atoms with Crippen molar-refractivity contribution >= 4 is 24.3 Å². The molecular formula is C6H12ClNO4. The standard InChI is InChI=1S/C6H11NO4.ClH/c1-11-6(10)4(7)2-3-5(8)9;/h4H,2-3,7H2,1H3,(H,8,9);1H/t4-;/m1./s1. The van der Waals surface area contributed by atoms with Gasteiger partial charge in [-0.3, -0.25) is 9.59 Å². The van der Waals surface area contributed by atoms with E-state index in [1.165, 1.54) is 7.11 Å². The van der Waals surface area contributed by atoms with E-state index >= 15 is 0 Å². The molecule has 3 N–H and O–H groups in total. The smallest absolute Gasteiger partial charge is 0.322 e. The van der Waals surface area contributed by atoms with Crippen molar-refractivity contribution in [2.45, 2.75) is 18.9 Å². The number of aliphatic carboxylic acids is 1. The minimum Gasteiger partial charge on any atom is -0.481 e. The molecule has 0 aromatic heterocycles. The first-order valence-corrected chi connectivity index (χ1v) is 3.13. The van der Waals surface area contributed by atoms with Gasteiger partial charge in [0.2, 0.25) is 0 Å². The molecule has 0 unspecified atom stereocenters. The van der Waals surface area contributed by atoms with E-state index in [9.17, 15) is 9.59 Å². The molecule has 5 nitrogen and oxygen atoms in total. The second-order valence-corrected chi connectivity index (χ2v) is 2.06. The fraction of sp³-hybridized carbons (Fsp3) is 0.667. The number of carboxylic acids is 1. The molecule has 0 aliphatic carbocycles. The SMILES string of the molecule is COC(=O)[C@H](N)CCC(=O)O.Cl. The molecule has 0 aromatic rings. The van der Waals surface area contributed by atoms with Crippen LogP contribution in [0.5, 0.6) is 0 Å². The quantitative estimate of drug-likeness (QED) is 0.608. The van der Waals surface area contributed by atoms with Gasteiger partial charge in [-0.25, -0.2) is 0 Å². The maximum Gasteiger partial charge on any atom is 0.322 e. The number of nitrogens with two attached hydrogens (primary N) is 1. The van der Waals surface area contributed by atoms with Crippen LogP contribution in [0, 0.1) is 0 Å². The van der Waals surface area contributed by atoms with Gasteiger partial charge in [-0.15, -0.1) is 12.4 Å². The highest BCUT2D eigenvalue weighted by Gasteiger charge is 2.14. The first-order valence-electron chi connectivity index (χ1n) is 3.13. The summed E-state index contributed by atoms with van der Waals surface area (Å²) >= 11 is 0. The molecule has 0 fully saturated rings. The maximum atomic E-state index is 10.6. The zero-order valence-corrected chi connectivity index (χ0v) is 7.47. The van der Waals surface area contributed by atoms with Crippen molar-refractivity contribution < 1.29 is 19.4 Å². The van der Waals surface area contributed by atoms with Crippen LogP contribution in [-0.4, -0.2) is 30.2 Å². The molecule has 0 spiro atoms. The fourth-order valence-corrected chi connectivity index (χ4v) is 0.548. The highest BCUT2D eigenvalue weighted by molar-refractivity contribution is 5.85. The van der Waals surface area contributed by atoms with Gasteiger partial charge in [0.1, 0.15) is 6.04 Å². The van der Waals surface area contributed by atoms with Gasteiger partial charge in [0.25, 0.3) is 0 Å². The van der Waals surface area contributed by atoms with E-state index in [1.54, 1.807) is 0 Å². The molecule has 72 valence electrons. The average molecular weight is 198 g/mol. The highest BCUT2D eigenvalue weighted by Crippen LogP contribution is 1.95. The molecular weight excluding hydrogens is 186 g/mol. The molecule has 1 atom stereocenters. The van der Waals surface area contributed by atoms with Crippen molar-refractivity contribution in [1.29, 1.82) is 0 Å². The Morgan fingerprint density at radius 1 is 1.58 bits per heavy atom. The van der Waals surface area contributed by atoms with Crippen molar-refractivity contribution in [2.75, 3.05) is 7.11 Å². The van der Waals surface area contributed by atoms with Crippen molar-refractivity contribution in [3.05, 3.63) is 0 Å². The van der Waals surface area contributed by atoms with E-state index in [1.807, 2.05) is 0 Å². The monoisotopic (exact) mass is 197 g/mol. The van der Waals surface area contributed by atoms with Gasteiger partial charge in [-0.05, 0) is 6.42 Å². The Bertz CT molecular complexity index is 162. The van der Waals surface area contributed by atoms with Crippen LogP contribution in [0.4, 0.5) is 0 Å². The maximum absolute atomic E-state index is 10.6. The molecule has 0 aliphatic rings. The van der Waals surface area contributed by atoms with E-state index in [2.05, 4.69) is 4.74 Å². The van der Waals surface area contributed by atoms with Gasteiger partial charge >= 0.3 is 11.9 Å². The van der Waals surface area contributed by atoms with Crippen molar-refractivity contribution in [3.63, 3.8) is 0 Å². The number of esters is 1. The molecule has 12 heavy (non-hydrogen) atoms. The number of rotatable bonds is 4. The molecule has 0 saturated heterocycles. The molecule has 0 saturated carbocycles. The highest BCUT2D eigenvalue weighted by atomic mass is 35.5. The van der Waals surface area contributed by atoms with Crippen LogP contribution in [0.3, 0.4) is 0 Å². The van der Waals surface area contributed by atoms with Gasteiger partial charge in [-0.1, -0.05) is 0 Å². The number of ether oxygens (including phenoxy) is 1. The second-order valence-electron chi connectivity index (χ2n) is 2.06. The Morgan fingerprint density at radius 3 is 2.42 bits per heavy atom. The van der Waals surface area contributed by atoms with E-state index < -0.39 is 18.0 Å². The number of hydrogen-bond acceptors (Lipinski definition) is 4. The van der Waals surface area contributed by atoms with Crippen LogP contribution in [0.1, 0.15) is 12.8 Å². The topological polar surface area (TPSA) is 89.6 Å². The lowest BCUT2D eigenvalue weighted by molar-refractivity contribution is -0.142. The summed E-state index contributed by atoms with van der Waals surface area (Å²) in [7, 11) is 1.21. The molecule has 0 aromatic carbocycles. The Kier molecular flexibility index (Phi) is 7.88. The predicted molar refractivity (Wildman–Crippen MR) is 44.1 cm³/mol. The summed E-state index contributed by atoms with van der Waals surface area (Å²) in [6.07, 6.45) is -0.00171. The Labute approximate surface area is 76.3 Å². The minimum atomic E-state index is -0.968. The predicted octanol–water partition coefficient (Wildman–Crippen LogP) is -0.227. The Morgan fingerprint density at radius 2 is 2.08 bits per heavy atom. The van der Waals surface area contributed by atoms with Gasteiger partial charge < -0.3 is 15.6 Å². The fourth-order valence-electron chi connectivity index (χ4n) is 0.548. The second kappa shape index (κ2) is 6.87.